The number of nitrogen functional groups attached to an aromatic ring is 1. The molecule has 0 spiro atoms. The number of amides is 1. The van der Waals surface area contributed by atoms with Crippen LogP contribution in [0.25, 0.3) is 10.2 Å². The van der Waals surface area contributed by atoms with E-state index in [9.17, 15) is 4.79 Å². The second-order valence-electron chi connectivity index (χ2n) is 4.09. The van der Waals surface area contributed by atoms with Crippen molar-refractivity contribution < 1.29 is 4.79 Å². The predicted octanol–water partition coefficient (Wildman–Crippen LogP) is 1.86. The Morgan fingerprint density at radius 1 is 1.47 bits per heavy atom. The molecule has 0 saturated carbocycles. The van der Waals surface area contributed by atoms with Gasteiger partial charge in [-0.15, -0.1) is 0 Å². The Morgan fingerprint density at radius 3 is 3.05 bits per heavy atom. The Hall–Kier alpha value is -2.41. The number of anilines is 2. The standard InChI is InChI=1S/C12H11N5OS/c1-17-6-8(5-14-17)15-11(18)7-2-3-9-10(4-7)19-12(13)16-9/h2-6H,1H3,(H2,13,16)(H,15,18). The fourth-order valence-electron chi connectivity index (χ4n) is 1.77. The Bertz CT molecular complexity index is 760. The Labute approximate surface area is 112 Å². The van der Waals surface area contributed by atoms with Gasteiger partial charge in [0.15, 0.2) is 5.13 Å². The molecule has 3 aromatic rings. The molecule has 0 radical (unpaired) electrons. The number of thiazole rings is 1. The number of aromatic nitrogens is 3. The molecule has 96 valence electrons. The van der Waals surface area contributed by atoms with Crippen molar-refractivity contribution in [3.8, 4) is 0 Å². The summed E-state index contributed by atoms with van der Waals surface area (Å²) < 4.78 is 2.53. The Kier molecular flexibility index (Phi) is 2.68. The van der Waals surface area contributed by atoms with Gasteiger partial charge in [-0.3, -0.25) is 9.48 Å². The van der Waals surface area contributed by atoms with Crippen molar-refractivity contribution in [2.75, 3.05) is 11.1 Å². The van der Waals surface area contributed by atoms with Gasteiger partial charge in [-0.25, -0.2) is 4.98 Å². The van der Waals surface area contributed by atoms with E-state index in [0.717, 1.165) is 10.2 Å². The minimum absolute atomic E-state index is 0.179. The molecule has 2 aromatic heterocycles. The molecule has 3 N–H and O–H groups in total. The minimum Gasteiger partial charge on any atom is -0.375 e. The summed E-state index contributed by atoms with van der Waals surface area (Å²) in [7, 11) is 1.79. The number of nitrogens with two attached hydrogens (primary N) is 1. The number of nitrogens with zero attached hydrogens (tertiary/aromatic N) is 3. The summed E-state index contributed by atoms with van der Waals surface area (Å²) in [6, 6.07) is 5.31. The van der Waals surface area contributed by atoms with Gasteiger partial charge in [0, 0.05) is 18.8 Å². The van der Waals surface area contributed by atoms with Crippen LogP contribution in [0.3, 0.4) is 0 Å². The van der Waals surface area contributed by atoms with E-state index in [2.05, 4.69) is 15.4 Å². The average Bonchev–Trinajstić information content (AvgIpc) is 2.93. The first-order valence-corrected chi connectivity index (χ1v) is 6.39. The summed E-state index contributed by atoms with van der Waals surface area (Å²) in [5.41, 5.74) is 7.68. The maximum atomic E-state index is 12.1. The minimum atomic E-state index is -0.179. The van der Waals surface area contributed by atoms with Crippen molar-refractivity contribution in [2.45, 2.75) is 0 Å². The summed E-state index contributed by atoms with van der Waals surface area (Å²) in [6.45, 7) is 0. The molecule has 19 heavy (non-hydrogen) atoms. The van der Waals surface area contributed by atoms with E-state index in [4.69, 9.17) is 5.73 Å². The van der Waals surface area contributed by atoms with Crippen molar-refractivity contribution in [3.05, 3.63) is 36.2 Å². The van der Waals surface area contributed by atoms with E-state index in [-0.39, 0.29) is 5.91 Å². The summed E-state index contributed by atoms with van der Waals surface area (Å²) >= 11 is 1.36. The van der Waals surface area contributed by atoms with E-state index in [1.54, 1.807) is 42.3 Å². The molecule has 2 heterocycles. The lowest BCUT2D eigenvalue weighted by molar-refractivity contribution is 0.102. The van der Waals surface area contributed by atoms with Crippen LogP contribution in [-0.2, 0) is 7.05 Å². The molecule has 0 saturated heterocycles. The van der Waals surface area contributed by atoms with Crippen LogP contribution in [0.15, 0.2) is 30.6 Å². The number of hydrogen-bond donors (Lipinski definition) is 2. The van der Waals surface area contributed by atoms with Crippen molar-refractivity contribution >= 4 is 38.3 Å². The maximum Gasteiger partial charge on any atom is 0.255 e. The van der Waals surface area contributed by atoms with E-state index < -0.39 is 0 Å². The first-order chi connectivity index (χ1) is 9.11. The molecule has 3 rings (SSSR count). The van der Waals surface area contributed by atoms with Gasteiger partial charge in [0.2, 0.25) is 0 Å². The summed E-state index contributed by atoms with van der Waals surface area (Å²) in [4.78, 5) is 16.2. The lowest BCUT2D eigenvalue weighted by Crippen LogP contribution is -2.11. The average molecular weight is 273 g/mol. The maximum absolute atomic E-state index is 12.1. The molecular formula is C12H11N5OS. The smallest absolute Gasteiger partial charge is 0.255 e. The topological polar surface area (TPSA) is 85.8 Å². The third kappa shape index (κ3) is 2.27. The molecule has 7 heteroatoms. The highest BCUT2D eigenvalue weighted by molar-refractivity contribution is 7.22. The lowest BCUT2D eigenvalue weighted by atomic mass is 10.2. The first-order valence-electron chi connectivity index (χ1n) is 5.58. The van der Waals surface area contributed by atoms with Gasteiger partial charge in [0.1, 0.15) is 0 Å². The molecule has 0 aliphatic heterocycles. The van der Waals surface area contributed by atoms with Crippen molar-refractivity contribution in [3.63, 3.8) is 0 Å². The quantitative estimate of drug-likeness (QED) is 0.746. The van der Waals surface area contributed by atoms with Crippen LogP contribution in [0.4, 0.5) is 10.8 Å². The lowest BCUT2D eigenvalue weighted by Gasteiger charge is -2.01. The molecule has 0 atom stereocenters. The zero-order valence-electron chi connectivity index (χ0n) is 10.1. The molecule has 0 aliphatic rings. The summed E-state index contributed by atoms with van der Waals surface area (Å²) in [5.74, 6) is -0.179. The highest BCUT2D eigenvalue weighted by Gasteiger charge is 2.09. The van der Waals surface area contributed by atoms with Crippen LogP contribution < -0.4 is 11.1 Å². The first kappa shape index (κ1) is 11.7. The largest absolute Gasteiger partial charge is 0.375 e. The second kappa shape index (κ2) is 4.36. The van der Waals surface area contributed by atoms with Crippen LogP contribution in [0.1, 0.15) is 10.4 Å². The fourth-order valence-corrected chi connectivity index (χ4v) is 2.55. The number of hydrogen-bond acceptors (Lipinski definition) is 5. The van der Waals surface area contributed by atoms with E-state index in [1.165, 1.54) is 11.3 Å². The Morgan fingerprint density at radius 2 is 2.32 bits per heavy atom. The molecule has 0 unspecified atom stereocenters. The molecule has 1 aromatic carbocycles. The number of benzene rings is 1. The second-order valence-corrected chi connectivity index (χ2v) is 5.15. The van der Waals surface area contributed by atoms with Gasteiger partial charge < -0.3 is 11.1 Å². The monoisotopic (exact) mass is 273 g/mol. The molecule has 0 fully saturated rings. The SMILES string of the molecule is Cn1cc(NC(=O)c2ccc3nc(N)sc3c2)cn1. The predicted molar refractivity (Wildman–Crippen MR) is 75.2 cm³/mol. The normalized spacial score (nSPS) is 10.8. The van der Waals surface area contributed by atoms with Crippen LogP contribution in [0.2, 0.25) is 0 Å². The van der Waals surface area contributed by atoms with Crippen molar-refractivity contribution in [1.82, 2.24) is 14.8 Å². The van der Waals surface area contributed by atoms with Gasteiger partial charge in [-0.2, -0.15) is 5.10 Å². The van der Waals surface area contributed by atoms with Crippen LogP contribution in [0, 0.1) is 0 Å². The van der Waals surface area contributed by atoms with Crippen LogP contribution >= 0.6 is 11.3 Å². The zero-order valence-corrected chi connectivity index (χ0v) is 10.9. The molecule has 0 aliphatic carbocycles. The number of carbonyl (C=O) groups is 1. The van der Waals surface area contributed by atoms with Crippen LogP contribution in [-0.4, -0.2) is 20.7 Å². The number of nitrogens with one attached hydrogen (secondary N) is 1. The number of fused-ring (bicyclic) bond motifs is 1. The van der Waals surface area contributed by atoms with Crippen molar-refractivity contribution in [2.24, 2.45) is 7.05 Å². The van der Waals surface area contributed by atoms with Crippen LogP contribution in [0.5, 0.6) is 0 Å². The van der Waals surface area contributed by atoms with E-state index >= 15 is 0 Å². The van der Waals surface area contributed by atoms with Gasteiger partial charge >= 0.3 is 0 Å². The van der Waals surface area contributed by atoms with Gasteiger partial charge in [0.25, 0.3) is 5.91 Å². The number of rotatable bonds is 2. The summed E-state index contributed by atoms with van der Waals surface area (Å²) in [5, 5.41) is 7.28. The van der Waals surface area contributed by atoms with Crippen molar-refractivity contribution in [1.29, 1.82) is 0 Å². The highest BCUT2D eigenvalue weighted by Crippen LogP contribution is 2.24. The number of carbonyl (C=O) groups excluding carboxylic acids is 1. The highest BCUT2D eigenvalue weighted by atomic mass is 32.1. The number of aryl methyl sites for hydroxylation is 1. The van der Waals surface area contributed by atoms with E-state index in [1.807, 2.05) is 0 Å². The van der Waals surface area contributed by atoms with Gasteiger partial charge in [0.05, 0.1) is 22.1 Å². The molecule has 0 bridgehead atoms. The zero-order chi connectivity index (χ0) is 13.4. The Balaban J connectivity index is 1.88. The fraction of sp³-hybridized carbons (Fsp3) is 0.0833. The van der Waals surface area contributed by atoms with Gasteiger partial charge in [-0.1, -0.05) is 11.3 Å². The molecular weight excluding hydrogens is 262 g/mol. The molecule has 6 nitrogen and oxygen atoms in total. The molecule has 1 amide bonds. The third-order valence-electron chi connectivity index (χ3n) is 2.63. The summed E-state index contributed by atoms with van der Waals surface area (Å²) in [6.07, 6.45) is 3.34. The van der Waals surface area contributed by atoms with Gasteiger partial charge in [-0.05, 0) is 18.2 Å². The van der Waals surface area contributed by atoms with E-state index in [0.29, 0.717) is 16.4 Å². The third-order valence-corrected chi connectivity index (χ3v) is 3.48.